The van der Waals surface area contributed by atoms with E-state index < -0.39 is 10.0 Å². The highest BCUT2D eigenvalue weighted by Gasteiger charge is 2.28. The fraction of sp³-hybridized carbons (Fsp3) is 0.364. The summed E-state index contributed by atoms with van der Waals surface area (Å²) in [5, 5.41) is 0. The molecule has 4 rings (SSSR count). The van der Waals surface area contributed by atoms with Crippen LogP contribution in [0.25, 0.3) is 11.0 Å². The van der Waals surface area contributed by atoms with Gasteiger partial charge in [0.25, 0.3) is 10.0 Å². The summed E-state index contributed by atoms with van der Waals surface area (Å²) in [7, 11) is -3.87. The van der Waals surface area contributed by atoms with Crippen LogP contribution in [0.3, 0.4) is 0 Å². The topological polar surface area (TPSA) is 93.7 Å². The molecular formula is C22H26N4O4S. The molecule has 2 unspecified atom stereocenters. The van der Waals surface area contributed by atoms with Crippen molar-refractivity contribution in [1.29, 1.82) is 0 Å². The van der Waals surface area contributed by atoms with E-state index in [4.69, 9.17) is 14.5 Å². The first kappa shape index (κ1) is 21.3. The second-order valence-corrected chi connectivity index (χ2v) is 9.24. The second kappa shape index (κ2) is 8.68. The highest BCUT2D eigenvalue weighted by Crippen LogP contribution is 2.29. The lowest BCUT2D eigenvalue weighted by Gasteiger charge is -2.36. The first-order chi connectivity index (χ1) is 14.9. The molecule has 1 fully saturated rings. The van der Waals surface area contributed by atoms with E-state index in [-0.39, 0.29) is 22.9 Å². The van der Waals surface area contributed by atoms with Gasteiger partial charge in [0.2, 0.25) is 0 Å². The highest BCUT2D eigenvalue weighted by molar-refractivity contribution is 7.92. The molecule has 0 bridgehead atoms. The summed E-state index contributed by atoms with van der Waals surface area (Å²) < 4.78 is 40.1. The van der Waals surface area contributed by atoms with Gasteiger partial charge in [-0.1, -0.05) is 12.1 Å². The molecule has 1 aromatic heterocycles. The average Bonchev–Trinajstić information content (AvgIpc) is 2.73. The molecule has 0 amide bonds. The summed E-state index contributed by atoms with van der Waals surface area (Å²) >= 11 is 0. The van der Waals surface area contributed by atoms with Crippen molar-refractivity contribution in [3.05, 3.63) is 48.5 Å². The quantitative estimate of drug-likeness (QED) is 0.625. The molecule has 8 nitrogen and oxygen atoms in total. The Morgan fingerprint density at radius 2 is 1.65 bits per heavy atom. The van der Waals surface area contributed by atoms with E-state index in [9.17, 15) is 8.42 Å². The van der Waals surface area contributed by atoms with E-state index in [2.05, 4.69) is 9.71 Å². The first-order valence-electron chi connectivity index (χ1n) is 10.3. The molecule has 1 N–H and O–H groups in total. The van der Waals surface area contributed by atoms with Crippen LogP contribution in [0.4, 0.5) is 11.6 Å². The van der Waals surface area contributed by atoms with Crippen molar-refractivity contribution < 1.29 is 17.9 Å². The summed E-state index contributed by atoms with van der Waals surface area (Å²) in [5.41, 5.74) is 1.32. The van der Waals surface area contributed by atoms with Crippen LogP contribution in [0.1, 0.15) is 20.8 Å². The lowest BCUT2D eigenvalue weighted by atomic mass is 10.2. The van der Waals surface area contributed by atoms with Gasteiger partial charge in [-0.3, -0.25) is 4.72 Å². The Balaban J connectivity index is 1.73. The van der Waals surface area contributed by atoms with Gasteiger partial charge in [-0.2, -0.15) is 0 Å². The largest absolute Gasteiger partial charge is 0.494 e. The minimum absolute atomic E-state index is 0.00686. The van der Waals surface area contributed by atoms with Gasteiger partial charge in [-0.15, -0.1) is 0 Å². The molecule has 0 aliphatic carbocycles. The molecule has 0 radical (unpaired) electrons. The van der Waals surface area contributed by atoms with Crippen molar-refractivity contribution in [1.82, 2.24) is 9.97 Å². The maximum atomic E-state index is 13.1. The van der Waals surface area contributed by atoms with Crippen LogP contribution in [0.2, 0.25) is 0 Å². The van der Waals surface area contributed by atoms with Crippen molar-refractivity contribution in [2.75, 3.05) is 29.3 Å². The molecule has 1 aliphatic heterocycles. The van der Waals surface area contributed by atoms with E-state index in [1.165, 1.54) is 12.1 Å². The fourth-order valence-electron chi connectivity index (χ4n) is 3.70. The molecular weight excluding hydrogens is 416 g/mol. The molecule has 9 heteroatoms. The summed E-state index contributed by atoms with van der Waals surface area (Å²) in [4.78, 5) is 11.5. The fourth-order valence-corrected chi connectivity index (χ4v) is 4.70. The van der Waals surface area contributed by atoms with Crippen molar-refractivity contribution in [3.63, 3.8) is 0 Å². The number of rotatable bonds is 6. The standard InChI is InChI=1S/C22H26N4O4S/c1-4-29-17-9-11-18(12-10-17)31(27,28)25-21-22(26-13-15(2)30-16(3)14-26)24-20-8-6-5-7-19(20)23-21/h5-12,15-16H,4,13-14H2,1-3H3,(H,23,25). The maximum Gasteiger partial charge on any atom is 0.263 e. The molecule has 1 aliphatic rings. The minimum atomic E-state index is -3.87. The molecule has 164 valence electrons. The normalized spacial score (nSPS) is 19.4. The van der Waals surface area contributed by atoms with E-state index in [1.54, 1.807) is 12.1 Å². The predicted molar refractivity (Wildman–Crippen MR) is 120 cm³/mol. The van der Waals surface area contributed by atoms with E-state index in [0.717, 1.165) is 0 Å². The third-order valence-corrected chi connectivity index (χ3v) is 6.30. The number of para-hydroxylation sites is 2. The van der Waals surface area contributed by atoms with E-state index in [1.807, 2.05) is 49.9 Å². The van der Waals surface area contributed by atoms with Gasteiger partial charge in [0.05, 0.1) is 34.7 Å². The number of nitrogens with zero attached hydrogens (tertiary/aromatic N) is 3. The van der Waals surface area contributed by atoms with Crippen LogP contribution in [0.15, 0.2) is 53.4 Å². The first-order valence-corrected chi connectivity index (χ1v) is 11.8. The molecule has 1 saturated heterocycles. The molecule has 2 aromatic carbocycles. The third kappa shape index (κ3) is 4.72. The zero-order valence-corrected chi connectivity index (χ0v) is 18.6. The van der Waals surface area contributed by atoms with Crippen LogP contribution < -0.4 is 14.4 Å². The van der Waals surface area contributed by atoms with Crippen LogP contribution in [0, 0.1) is 0 Å². The molecule has 2 heterocycles. The van der Waals surface area contributed by atoms with Crippen LogP contribution >= 0.6 is 0 Å². The van der Waals surface area contributed by atoms with Crippen molar-refractivity contribution in [3.8, 4) is 5.75 Å². The minimum Gasteiger partial charge on any atom is -0.494 e. The summed E-state index contributed by atoms with van der Waals surface area (Å²) in [6.07, 6.45) is -0.0137. The molecule has 31 heavy (non-hydrogen) atoms. The Labute approximate surface area is 182 Å². The maximum absolute atomic E-state index is 13.1. The Kier molecular flexibility index (Phi) is 5.97. The van der Waals surface area contributed by atoms with E-state index >= 15 is 0 Å². The number of nitrogens with one attached hydrogen (secondary N) is 1. The Morgan fingerprint density at radius 3 is 2.26 bits per heavy atom. The van der Waals surface area contributed by atoms with Gasteiger partial charge >= 0.3 is 0 Å². The van der Waals surface area contributed by atoms with Gasteiger partial charge in [0.1, 0.15) is 5.75 Å². The van der Waals surface area contributed by atoms with Crippen molar-refractivity contribution in [2.24, 2.45) is 0 Å². The number of hydrogen-bond acceptors (Lipinski definition) is 7. The third-order valence-electron chi connectivity index (χ3n) is 4.95. The molecule has 0 spiro atoms. The van der Waals surface area contributed by atoms with Gasteiger partial charge in [0, 0.05) is 13.1 Å². The van der Waals surface area contributed by atoms with E-state index in [0.29, 0.717) is 42.3 Å². The van der Waals surface area contributed by atoms with Crippen LogP contribution in [0.5, 0.6) is 5.75 Å². The van der Waals surface area contributed by atoms with Crippen molar-refractivity contribution in [2.45, 2.75) is 37.9 Å². The molecule has 3 aromatic rings. The lowest BCUT2D eigenvalue weighted by Crippen LogP contribution is -2.46. The molecule has 0 saturated carbocycles. The number of ether oxygens (including phenoxy) is 2. The number of fused-ring (bicyclic) bond motifs is 1. The average molecular weight is 443 g/mol. The summed E-state index contributed by atoms with van der Waals surface area (Å²) in [6.45, 7) is 7.54. The van der Waals surface area contributed by atoms with Gasteiger partial charge in [-0.05, 0) is 57.2 Å². The zero-order valence-electron chi connectivity index (χ0n) is 17.8. The number of morpholine rings is 1. The van der Waals surface area contributed by atoms with Gasteiger partial charge in [0.15, 0.2) is 11.6 Å². The zero-order chi connectivity index (χ0) is 22.0. The number of sulfonamides is 1. The lowest BCUT2D eigenvalue weighted by molar-refractivity contribution is -0.00540. The Bertz CT molecular complexity index is 1160. The summed E-state index contributed by atoms with van der Waals surface area (Å²) in [5.74, 6) is 1.31. The Morgan fingerprint density at radius 1 is 1.03 bits per heavy atom. The number of benzene rings is 2. The van der Waals surface area contributed by atoms with Crippen LogP contribution in [-0.2, 0) is 14.8 Å². The number of anilines is 2. The van der Waals surface area contributed by atoms with Crippen molar-refractivity contribution >= 4 is 32.7 Å². The van der Waals surface area contributed by atoms with Crippen LogP contribution in [-0.4, -0.2) is 50.3 Å². The predicted octanol–water partition coefficient (Wildman–Crippen LogP) is 3.44. The monoisotopic (exact) mass is 442 g/mol. The second-order valence-electron chi connectivity index (χ2n) is 7.56. The number of hydrogen-bond donors (Lipinski definition) is 1. The SMILES string of the molecule is CCOc1ccc(S(=O)(=O)Nc2nc3ccccc3nc2N2CC(C)OC(C)C2)cc1. The summed E-state index contributed by atoms with van der Waals surface area (Å²) in [6, 6.07) is 13.7. The smallest absolute Gasteiger partial charge is 0.263 e. The van der Waals surface area contributed by atoms with Gasteiger partial charge < -0.3 is 14.4 Å². The Hall–Kier alpha value is -2.91. The van der Waals surface area contributed by atoms with Gasteiger partial charge in [-0.25, -0.2) is 18.4 Å². The number of aromatic nitrogens is 2. The molecule has 2 atom stereocenters. The highest BCUT2D eigenvalue weighted by atomic mass is 32.2.